The fourth-order valence-electron chi connectivity index (χ4n) is 1.47. The third kappa shape index (κ3) is 2.06. The van der Waals surface area contributed by atoms with Crippen molar-refractivity contribution in [3.05, 3.63) is 22.4 Å². The lowest BCUT2D eigenvalue weighted by Crippen LogP contribution is -2.13. The molecule has 0 nitrogen and oxygen atoms in total. The Bertz CT molecular complexity index is 233. The Morgan fingerprint density at radius 3 is 3.00 bits per heavy atom. The topological polar surface area (TPSA) is 0 Å². The van der Waals surface area contributed by atoms with Crippen LogP contribution in [0.5, 0.6) is 0 Å². The van der Waals surface area contributed by atoms with E-state index >= 15 is 0 Å². The Morgan fingerprint density at radius 2 is 2.42 bits per heavy atom. The molecule has 1 aliphatic rings. The molecule has 2 atom stereocenters. The largest absolute Gasteiger partial charge is 0.160 e. The molecule has 0 aliphatic carbocycles. The molecule has 12 heavy (non-hydrogen) atoms. The smallest absolute Gasteiger partial charge is 0.0275 e. The summed E-state index contributed by atoms with van der Waals surface area (Å²) in [7, 11) is 0. The van der Waals surface area contributed by atoms with Crippen LogP contribution in [0.3, 0.4) is 0 Å². The number of rotatable bonds is 2. The SMILES string of the molecule is BrC1CSCC1Cc1ccsc1. The van der Waals surface area contributed by atoms with E-state index in [1.165, 1.54) is 23.5 Å². The van der Waals surface area contributed by atoms with Gasteiger partial charge in [-0.15, -0.1) is 0 Å². The van der Waals surface area contributed by atoms with Crippen molar-refractivity contribution in [1.82, 2.24) is 0 Å². The molecule has 1 aliphatic heterocycles. The molecule has 0 aromatic carbocycles. The third-order valence-electron chi connectivity index (χ3n) is 2.20. The van der Waals surface area contributed by atoms with Crippen molar-refractivity contribution in [2.24, 2.45) is 5.92 Å². The van der Waals surface area contributed by atoms with Crippen LogP contribution in [0.15, 0.2) is 16.8 Å². The normalized spacial score (nSPS) is 29.4. The molecule has 66 valence electrons. The molecule has 0 saturated carbocycles. The number of thiophene rings is 1. The van der Waals surface area contributed by atoms with Gasteiger partial charge in [-0.3, -0.25) is 0 Å². The van der Waals surface area contributed by atoms with Gasteiger partial charge in [0.1, 0.15) is 0 Å². The van der Waals surface area contributed by atoms with Crippen LogP contribution in [-0.2, 0) is 6.42 Å². The van der Waals surface area contributed by atoms with Crippen molar-refractivity contribution in [3.63, 3.8) is 0 Å². The molecule has 1 aromatic heterocycles. The van der Waals surface area contributed by atoms with Crippen LogP contribution in [0, 0.1) is 5.92 Å². The Balaban J connectivity index is 1.95. The second-order valence-electron chi connectivity index (χ2n) is 3.15. The summed E-state index contributed by atoms with van der Waals surface area (Å²) < 4.78 is 0. The minimum atomic E-state index is 0.738. The minimum Gasteiger partial charge on any atom is -0.160 e. The second-order valence-corrected chi connectivity index (χ2v) is 6.18. The highest BCUT2D eigenvalue weighted by Gasteiger charge is 2.25. The fourth-order valence-corrected chi connectivity index (χ4v) is 4.62. The predicted molar refractivity (Wildman–Crippen MR) is 61.6 cm³/mol. The lowest BCUT2D eigenvalue weighted by atomic mass is 10.0. The lowest BCUT2D eigenvalue weighted by molar-refractivity contribution is 0.617. The summed E-state index contributed by atoms with van der Waals surface area (Å²) >= 11 is 7.60. The summed E-state index contributed by atoms with van der Waals surface area (Å²) in [5, 5.41) is 4.43. The first-order chi connectivity index (χ1) is 5.86. The lowest BCUT2D eigenvalue weighted by Gasteiger charge is -2.10. The molecule has 0 spiro atoms. The van der Waals surface area contributed by atoms with Gasteiger partial charge in [0.15, 0.2) is 0 Å². The van der Waals surface area contributed by atoms with E-state index < -0.39 is 0 Å². The van der Waals surface area contributed by atoms with Crippen molar-refractivity contribution < 1.29 is 0 Å². The van der Waals surface area contributed by atoms with E-state index in [1.807, 2.05) is 0 Å². The van der Waals surface area contributed by atoms with Crippen molar-refractivity contribution in [3.8, 4) is 0 Å². The monoisotopic (exact) mass is 262 g/mol. The Morgan fingerprint density at radius 1 is 1.50 bits per heavy atom. The van der Waals surface area contributed by atoms with Gasteiger partial charge in [0.05, 0.1) is 0 Å². The van der Waals surface area contributed by atoms with Crippen LogP contribution in [0.25, 0.3) is 0 Å². The fraction of sp³-hybridized carbons (Fsp3) is 0.556. The van der Waals surface area contributed by atoms with Gasteiger partial charge in [0.2, 0.25) is 0 Å². The van der Waals surface area contributed by atoms with Gasteiger partial charge in [-0.1, -0.05) is 15.9 Å². The first-order valence-electron chi connectivity index (χ1n) is 4.09. The average Bonchev–Trinajstić information content (AvgIpc) is 2.65. The van der Waals surface area contributed by atoms with Crippen molar-refractivity contribution in [2.45, 2.75) is 11.2 Å². The number of thioether (sulfide) groups is 1. The number of hydrogen-bond donors (Lipinski definition) is 0. The van der Waals surface area contributed by atoms with E-state index in [0.29, 0.717) is 0 Å². The maximum atomic E-state index is 3.73. The zero-order valence-corrected chi connectivity index (χ0v) is 9.92. The molecule has 0 bridgehead atoms. The van der Waals surface area contributed by atoms with Gasteiger partial charge in [0.25, 0.3) is 0 Å². The first-order valence-corrected chi connectivity index (χ1v) is 7.10. The number of alkyl halides is 1. The van der Waals surface area contributed by atoms with E-state index in [-0.39, 0.29) is 0 Å². The molecule has 1 fully saturated rings. The zero-order valence-electron chi connectivity index (χ0n) is 6.70. The molecule has 2 rings (SSSR count). The van der Waals surface area contributed by atoms with Crippen LogP contribution in [0.4, 0.5) is 0 Å². The molecule has 1 saturated heterocycles. The van der Waals surface area contributed by atoms with Gasteiger partial charge < -0.3 is 0 Å². The molecule has 1 aromatic rings. The maximum Gasteiger partial charge on any atom is 0.0275 e. The van der Waals surface area contributed by atoms with Crippen molar-refractivity contribution in [2.75, 3.05) is 11.5 Å². The summed E-state index contributed by atoms with van der Waals surface area (Å²) in [5.74, 6) is 3.46. The van der Waals surface area contributed by atoms with Crippen LogP contribution >= 0.6 is 39.0 Å². The van der Waals surface area contributed by atoms with Gasteiger partial charge in [-0.2, -0.15) is 23.1 Å². The van der Waals surface area contributed by atoms with Crippen LogP contribution in [-0.4, -0.2) is 16.3 Å². The molecular formula is C9H11BrS2. The third-order valence-corrected chi connectivity index (χ3v) is 5.69. The molecule has 0 N–H and O–H groups in total. The summed E-state index contributed by atoms with van der Waals surface area (Å²) in [6.45, 7) is 0. The number of halogens is 1. The van der Waals surface area contributed by atoms with Crippen LogP contribution in [0.2, 0.25) is 0 Å². The van der Waals surface area contributed by atoms with E-state index in [4.69, 9.17) is 0 Å². The molecule has 0 radical (unpaired) electrons. The van der Waals surface area contributed by atoms with Gasteiger partial charge in [0, 0.05) is 10.6 Å². The van der Waals surface area contributed by atoms with E-state index in [9.17, 15) is 0 Å². The highest BCUT2D eigenvalue weighted by atomic mass is 79.9. The van der Waals surface area contributed by atoms with Gasteiger partial charge >= 0.3 is 0 Å². The predicted octanol–water partition coefficient (Wildman–Crippen LogP) is 3.42. The van der Waals surface area contributed by atoms with Gasteiger partial charge in [-0.25, -0.2) is 0 Å². The summed E-state index contributed by atoms with van der Waals surface area (Å²) in [6, 6.07) is 2.24. The van der Waals surface area contributed by atoms with E-state index in [2.05, 4.69) is 44.5 Å². The summed E-state index contributed by atoms with van der Waals surface area (Å²) in [4.78, 5) is 0.738. The molecular weight excluding hydrogens is 252 g/mol. The highest BCUT2D eigenvalue weighted by Crippen LogP contribution is 2.32. The summed E-state index contributed by atoms with van der Waals surface area (Å²) in [6.07, 6.45) is 1.26. The Kier molecular flexibility index (Phi) is 3.15. The molecule has 2 unspecified atom stereocenters. The quantitative estimate of drug-likeness (QED) is 0.737. The van der Waals surface area contributed by atoms with Crippen molar-refractivity contribution in [1.29, 1.82) is 0 Å². The van der Waals surface area contributed by atoms with E-state index in [0.717, 1.165) is 10.7 Å². The van der Waals surface area contributed by atoms with Gasteiger partial charge in [-0.05, 0) is 40.5 Å². The number of hydrogen-bond acceptors (Lipinski definition) is 2. The maximum absolute atomic E-state index is 3.73. The Hall–Kier alpha value is 0.530. The Labute approximate surface area is 89.9 Å². The second kappa shape index (κ2) is 4.16. The van der Waals surface area contributed by atoms with E-state index in [1.54, 1.807) is 11.3 Å². The summed E-state index contributed by atoms with van der Waals surface area (Å²) in [5.41, 5.74) is 1.51. The van der Waals surface area contributed by atoms with Crippen molar-refractivity contribution >= 4 is 39.0 Å². The molecule has 3 heteroatoms. The average molecular weight is 263 g/mol. The minimum absolute atomic E-state index is 0.738. The van der Waals surface area contributed by atoms with Crippen LogP contribution < -0.4 is 0 Å². The molecule has 0 amide bonds. The zero-order chi connectivity index (χ0) is 8.39. The molecule has 2 heterocycles. The van der Waals surface area contributed by atoms with Crippen LogP contribution in [0.1, 0.15) is 5.56 Å². The standard InChI is InChI=1S/C9H11BrS2/c10-9-6-12-5-8(9)3-7-1-2-11-4-7/h1-2,4,8-9H,3,5-6H2. The highest BCUT2D eigenvalue weighted by molar-refractivity contribution is 9.09. The first kappa shape index (κ1) is 9.10.